The molecule has 0 aromatic heterocycles. The molecular weight excluding hydrogens is 186 g/mol. The maximum Gasteiger partial charge on any atom is 0.322 e. The summed E-state index contributed by atoms with van der Waals surface area (Å²) in [6.45, 7) is 3.79. The SMILES string of the molecule is CSCC(=N)N(C)C(=O)NC(C)C. The summed E-state index contributed by atoms with van der Waals surface area (Å²) in [5, 5.41) is 10.2. The van der Waals surface area contributed by atoms with Gasteiger partial charge in [-0.25, -0.2) is 4.79 Å². The van der Waals surface area contributed by atoms with E-state index in [1.165, 1.54) is 16.7 Å². The van der Waals surface area contributed by atoms with E-state index in [-0.39, 0.29) is 12.1 Å². The second-order valence-corrected chi connectivity index (χ2v) is 3.91. The zero-order chi connectivity index (χ0) is 10.4. The molecule has 0 aliphatic heterocycles. The van der Waals surface area contributed by atoms with Crippen LogP contribution in [0.4, 0.5) is 4.79 Å². The summed E-state index contributed by atoms with van der Waals surface area (Å²) in [5.74, 6) is 0.882. The minimum absolute atomic E-state index is 0.108. The van der Waals surface area contributed by atoms with E-state index in [0.717, 1.165) is 0 Å². The van der Waals surface area contributed by atoms with Crippen LogP contribution in [0.25, 0.3) is 0 Å². The normalized spacial score (nSPS) is 9.92. The Morgan fingerprint density at radius 2 is 2.15 bits per heavy atom. The van der Waals surface area contributed by atoms with Crippen molar-refractivity contribution in [2.45, 2.75) is 19.9 Å². The molecule has 0 saturated heterocycles. The zero-order valence-electron chi connectivity index (χ0n) is 8.55. The fraction of sp³-hybridized carbons (Fsp3) is 0.750. The fourth-order valence-electron chi connectivity index (χ4n) is 0.700. The van der Waals surface area contributed by atoms with Gasteiger partial charge >= 0.3 is 6.03 Å². The summed E-state index contributed by atoms with van der Waals surface area (Å²) in [7, 11) is 1.61. The van der Waals surface area contributed by atoms with Crippen molar-refractivity contribution in [2.75, 3.05) is 19.1 Å². The molecule has 0 aliphatic carbocycles. The van der Waals surface area contributed by atoms with E-state index < -0.39 is 0 Å². The summed E-state index contributed by atoms with van der Waals surface area (Å²) >= 11 is 1.53. The molecule has 0 aromatic carbocycles. The topological polar surface area (TPSA) is 56.2 Å². The number of rotatable bonds is 3. The van der Waals surface area contributed by atoms with Crippen molar-refractivity contribution in [2.24, 2.45) is 0 Å². The quantitative estimate of drug-likeness (QED) is 0.538. The molecule has 4 nitrogen and oxygen atoms in total. The summed E-state index contributed by atoms with van der Waals surface area (Å²) in [6.07, 6.45) is 1.91. The smallest absolute Gasteiger partial charge is 0.322 e. The third kappa shape index (κ3) is 4.77. The maximum absolute atomic E-state index is 11.3. The van der Waals surface area contributed by atoms with Gasteiger partial charge in [0.05, 0.1) is 5.75 Å². The third-order valence-corrected chi connectivity index (χ3v) is 1.96. The van der Waals surface area contributed by atoms with Gasteiger partial charge in [-0.3, -0.25) is 10.3 Å². The van der Waals surface area contributed by atoms with Crippen LogP contribution in [-0.2, 0) is 0 Å². The zero-order valence-corrected chi connectivity index (χ0v) is 9.36. The van der Waals surface area contributed by atoms with Gasteiger partial charge in [0, 0.05) is 13.1 Å². The Morgan fingerprint density at radius 3 is 2.54 bits per heavy atom. The first-order valence-corrected chi connectivity index (χ1v) is 5.49. The van der Waals surface area contributed by atoms with Crippen LogP contribution in [0.5, 0.6) is 0 Å². The molecule has 0 bridgehead atoms. The van der Waals surface area contributed by atoms with Crippen LogP contribution < -0.4 is 5.32 Å². The Labute approximate surface area is 83.6 Å². The van der Waals surface area contributed by atoms with E-state index in [4.69, 9.17) is 5.41 Å². The number of carbonyl (C=O) groups is 1. The summed E-state index contributed by atoms with van der Waals surface area (Å²) in [4.78, 5) is 12.7. The number of thioether (sulfide) groups is 1. The number of nitrogens with one attached hydrogen (secondary N) is 2. The number of carbonyl (C=O) groups excluding carboxylic acids is 1. The monoisotopic (exact) mass is 203 g/mol. The Hall–Kier alpha value is -0.710. The molecule has 0 radical (unpaired) electrons. The van der Waals surface area contributed by atoms with E-state index in [0.29, 0.717) is 11.6 Å². The van der Waals surface area contributed by atoms with Crippen LogP contribution in [0.3, 0.4) is 0 Å². The predicted molar refractivity (Wildman–Crippen MR) is 57.5 cm³/mol. The van der Waals surface area contributed by atoms with Gasteiger partial charge in [-0.05, 0) is 20.1 Å². The highest BCUT2D eigenvalue weighted by Crippen LogP contribution is 1.96. The minimum atomic E-state index is -0.214. The van der Waals surface area contributed by atoms with Crippen molar-refractivity contribution < 1.29 is 4.79 Å². The van der Waals surface area contributed by atoms with Crippen LogP contribution in [-0.4, -0.2) is 41.9 Å². The predicted octanol–water partition coefficient (Wildman–Crippen LogP) is 1.38. The lowest BCUT2D eigenvalue weighted by Crippen LogP contribution is -2.44. The molecule has 0 heterocycles. The van der Waals surface area contributed by atoms with Crippen LogP contribution in [0.1, 0.15) is 13.8 Å². The number of nitrogens with zero attached hydrogens (tertiary/aromatic N) is 1. The number of amides is 2. The van der Waals surface area contributed by atoms with Gasteiger partial charge in [-0.2, -0.15) is 11.8 Å². The average molecular weight is 203 g/mol. The minimum Gasteiger partial charge on any atom is -0.335 e. The van der Waals surface area contributed by atoms with Crippen molar-refractivity contribution in [1.82, 2.24) is 10.2 Å². The van der Waals surface area contributed by atoms with Gasteiger partial charge in [0.1, 0.15) is 5.84 Å². The number of hydrogen-bond acceptors (Lipinski definition) is 3. The molecule has 0 unspecified atom stereocenters. The average Bonchev–Trinajstić information content (AvgIpc) is 2.02. The van der Waals surface area contributed by atoms with E-state index >= 15 is 0 Å². The molecule has 0 rings (SSSR count). The lowest BCUT2D eigenvalue weighted by atomic mass is 10.4. The lowest BCUT2D eigenvalue weighted by Gasteiger charge is -2.19. The molecule has 76 valence electrons. The van der Waals surface area contributed by atoms with Crippen LogP contribution in [0.15, 0.2) is 0 Å². The molecule has 0 aliphatic rings. The van der Waals surface area contributed by atoms with Crippen molar-refractivity contribution in [1.29, 1.82) is 5.41 Å². The fourth-order valence-corrected chi connectivity index (χ4v) is 1.17. The number of amidine groups is 1. The Kier molecular flexibility index (Phi) is 5.53. The van der Waals surface area contributed by atoms with E-state index in [1.807, 2.05) is 20.1 Å². The maximum atomic E-state index is 11.3. The second kappa shape index (κ2) is 5.85. The van der Waals surface area contributed by atoms with Crippen molar-refractivity contribution in [3.8, 4) is 0 Å². The largest absolute Gasteiger partial charge is 0.335 e. The third-order valence-electron chi connectivity index (χ3n) is 1.40. The van der Waals surface area contributed by atoms with Crippen LogP contribution >= 0.6 is 11.8 Å². The van der Waals surface area contributed by atoms with Crippen molar-refractivity contribution >= 4 is 23.6 Å². The first-order chi connectivity index (χ1) is 5.99. The standard InChI is InChI=1S/C8H17N3OS/c1-6(2)10-8(12)11(3)7(9)5-13-4/h6,9H,5H2,1-4H3,(H,10,12). The van der Waals surface area contributed by atoms with Gasteiger partial charge in [0.15, 0.2) is 0 Å². The van der Waals surface area contributed by atoms with Gasteiger partial charge < -0.3 is 5.32 Å². The molecule has 0 atom stereocenters. The van der Waals surface area contributed by atoms with Gasteiger partial charge in [0.2, 0.25) is 0 Å². The molecule has 0 saturated carbocycles. The molecule has 0 aromatic rings. The lowest BCUT2D eigenvalue weighted by molar-refractivity contribution is 0.223. The number of urea groups is 1. The Morgan fingerprint density at radius 1 is 1.62 bits per heavy atom. The number of hydrogen-bond donors (Lipinski definition) is 2. The highest BCUT2D eigenvalue weighted by molar-refractivity contribution is 7.99. The summed E-state index contributed by atoms with van der Waals surface area (Å²) in [5.41, 5.74) is 0. The summed E-state index contributed by atoms with van der Waals surface area (Å²) in [6, 6.07) is -0.105. The molecule has 2 N–H and O–H groups in total. The molecule has 0 fully saturated rings. The highest BCUT2D eigenvalue weighted by Gasteiger charge is 2.12. The molecule has 5 heteroatoms. The highest BCUT2D eigenvalue weighted by atomic mass is 32.2. The Bertz CT molecular complexity index is 194. The molecule has 2 amide bonds. The first kappa shape index (κ1) is 12.3. The van der Waals surface area contributed by atoms with Gasteiger partial charge in [-0.15, -0.1) is 0 Å². The van der Waals surface area contributed by atoms with Crippen molar-refractivity contribution in [3.05, 3.63) is 0 Å². The molecular formula is C8H17N3OS. The van der Waals surface area contributed by atoms with Gasteiger partial charge in [0.25, 0.3) is 0 Å². The van der Waals surface area contributed by atoms with Crippen LogP contribution in [0.2, 0.25) is 0 Å². The van der Waals surface area contributed by atoms with E-state index in [2.05, 4.69) is 5.32 Å². The van der Waals surface area contributed by atoms with Crippen molar-refractivity contribution in [3.63, 3.8) is 0 Å². The van der Waals surface area contributed by atoms with E-state index in [9.17, 15) is 4.79 Å². The summed E-state index contributed by atoms with van der Waals surface area (Å²) < 4.78 is 0. The Balaban J connectivity index is 4.01. The van der Waals surface area contributed by atoms with Crippen LogP contribution in [0, 0.1) is 5.41 Å². The molecule has 0 spiro atoms. The van der Waals surface area contributed by atoms with E-state index in [1.54, 1.807) is 7.05 Å². The second-order valence-electron chi connectivity index (χ2n) is 3.04. The molecule has 13 heavy (non-hydrogen) atoms. The van der Waals surface area contributed by atoms with Gasteiger partial charge in [-0.1, -0.05) is 0 Å². The first-order valence-electron chi connectivity index (χ1n) is 4.09.